The molecule has 2 saturated carbocycles. The van der Waals surface area contributed by atoms with E-state index < -0.39 is 0 Å². The molecule has 0 bridgehead atoms. The van der Waals surface area contributed by atoms with Gasteiger partial charge in [-0.05, 0) is 98.1 Å². The molecule has 4 heteroatoms. The number of ketones is 1. The van der Waals surface area contributed by atoms with Gasteiger partial charge in [0, 0.05) is 62.7 Å². The van der Waals surface area contributed by atoms with Crippen molar-refractivity contribution in [1.82, 2.24) is 0 Å². The molecule has 6 aliphatic rings. The van der Waals surface area contributed by atoms with Crippen molar-refractivity contribution in [2.75, 3.05) is 18.0 Å². The van der Waals surface area contributed by atoms with Crippen LogP contribution in [0.3, 0.4) is 0 Å². The molecule has 4 nitrogen and oxygen atoms in total. The van der Waals surface area contributed by atoms with E-state index in [9.17, 15) is 10.0 Å². The summed E-state index contributed by atoms with van der Waals surface area (Å²) in [6.07, 6.45) is 14.9. The molecule has 196 valence electrons. The summed E-state index contributed by atoms with van der Waals surface area (Å²) >= 11 is 0. The monoisotopic (exact) mass is 498 g/mol. The van der Waals surface area contributed by atoms with Gasteiger partial charge in [0.2, 0.25) is 0 Å². The standard InChI is InChI=1S/C33H42N2O2/c1-22-14-16-33(35(22)37)17-15-30-28-12-8-24-20-26(36)11-13-27(24)31(28)29(21-32(30,33)2)23-6-9-25(10-7-23)34-18-4-3-5-19-34/h6-7,9-10,20,28-30H,3-5,8,11-19,21H2,1-2H3/t28?,29-,30?,32+,33?/m1/s1. The fraction of sp³-hybridized carbons (Fsp3) is 0.636. The van der Waals surface area contributed by atoms with Crippen molar-refractivity contribution < 1.29 is 9.53 Å². The molecular formula is C33H42N2O2. The van der Waals surface area contributed by atoms with Crippen molar-refractivity contribution in [1.29, 1.82) is 0 Å². The van der Waals surface area contributed by atoms with Crippen LogP contribution in [0.1, 0.15) is 102 Å². The smallest absolute Gasteiger partial charge is 0.178 e. The Morgan fingerprint density at radius 1 is 0.973 bits per heavy atom. The van der Waals surface area contributed by atoms with Gasteiger partial charge in [-0.15, -0.1) is 0 Å². The third kappa shape index (κ3) is 3.39. The van der Waals surface area contributed by atoms with Gasteiger partial charge in [0.15, 0.2) is 17.0 Å². The topological polar surface area (TPSA) is 46.4 Å². The first-order valence-corrected chi connectivity index (χ1v) is 15.0. The Labute approximate surface area is 222 Å². The fourth-order valence-electron chi connectivity index (χ4n) is 9.82. The lowest BCUT2D eigenvalue weighted by Gasteiger charge is -2.54. The van der Waals surface area contributed by atoms with Crippen LogP contribution in [0.2, 0.25) is 0 Å². The number of hydroxylamine groups is 1. The number of allylic oxidation sites excluding steroid dienone is 4. The number of hydrogen-bond donors (Lipinski definition) is 0. The van der Waals surface area contributed by atoms with E-state index in [1.807, 2.05) is 6.08 Å². The second-order valence-corrected chi connectivity index (χ2v) is 13.2. The van der Waals surface area contributed by atoms with Crippen LogP contribution in [0.5, 0.6) is 0 Å². The summed E-state index contributed by atoms with van der Waals surface area (Å²) < 4.78 is 1.48. The number of carbonyl (C=O) groups excluding carboxylic acids is 1. The minimum absolute atomic E-state index is 0.0170. The lowest BCUT2D eigenvalue weighted by Crippen LogP contribution is -2.54. The Kier molecular flexibility index (Phi) is 5.50. The molecule has 2 aliphatic heterocycles. The average molecular weight is 499 g/mol. The van der Waals surface area contributed by atoms with Crippen LogP contribution in [0, 0.1) is 22.5 Å². The average Bonchev–Trinajstić information content (AvgIpc) is 3.39. The van der Waals surface area contributed by atoms with E-state index in [4.69, 9.17) is 0 Å². The molecule has 3 unspecified atom stereocenters. The first-order chi connectivity index (χ1) is 17.9. The zero-order valence-corrected chi connectivity index (χ0v) is 22.7. The van der Waals surface area contributed by atoms with Crippen LogP contribution in [0.15, 0.2) is 47.1 Å². The summed E-state index contributed by atoms with van der Waals surface area (Å²) in [5, 5.41) is 13.7. The van der Waals surface area contributed by atoms with Crippen molar-refractivity contribution in [3.63, 3.8) is 0 Å². The third-order valence-corrected chi connectivity index (χ3v) is 11.7. The molecule has 37 heavy (non-hydrogen) atoms. The van der Waals surface area contributed by atoms with Gasteiger partial charge in [-0.2, -0.15) is 0 Å². The molecule has 1 aromatic rings. The fourth-order valence-corrected chi connectivity index (χ4v) is 9.82. The van der Waals surface area contributed by atoms with Crippen molar-refractivity contribution in [2.24, 2.45) is 17.3 Å². The molecule has 0 N–H and O–H groups in total. The highest BCUT2D eigenvalue weighted by atomic mass is 16.5. The normalized spacial score (nSPS) is 37.6. The van der Waals surface area contributed by atoms with Crippen LogP contribution in [0.25, 0.3) is 0 Å². The van der Waals surface area contributed by atoms with Gasteiger partial charge in [0.25, 0.3) is 0 Å². The minimum atomic E-state index is -0.234. The van der Waals surface area contributed by atoms with E-state index in [1.54, 1.807) is 5.57 Å². The lowest BCUT2D eigenvalue weighted by atomic mass is 9.50. The molecule has 3 fully saturated rings. The van der Waals surface area contributed by atoms with E-state index in [2.05, 4.69) is 43.0 Å². The maximum absolute atomic E-state index is 13.7. The van der Waals surface area contributed by atoms with Crippen LogP contribution in [0.4, 0.5) is 5.69 Å². The van der Waals surface area contributed by atoms with Gasteiger partial charge in [-0.3, -0.25) is 4.79 Å². The molecular weight excluding hydrogens is 456 g/mol. The van der Waals surface area contributed by atoms with Crippen molar-refractivity contribution >= 4 is 17.2 Å². The maximum Gasteiger partial charge on any atom is 0.178 e. The van der Waals surface area contributed by atoms with Crippen LogP contribution in [-0.4, -0.2) is 34.9 Å². The highest BCUT2D eigenvalue weighted by Crippen LogP contribution is 2.69. The molecule has 1 aromatic carbocycles. The number of hydrogen-bond acceptors (Lipinski definition) is 3. The summed E-state index contributed by atoms with van der Waals surface area (Å²) in [7, 11) is 0. The van der Waals surface area contributed by atoms with Crippen molar-refractivity contribution in [3.05, 3.63) is 57.8 Å². The number of anilines is 1. The van der Waals surface area contributed by atoms with Gasteiger partial charge in [-0.25, -0.2) is 4.74 Å². The predicted molar refractivity (Wildman–Crippen MR) is 149 cm³/mol. The van der Waals surface area contributed by atoms with Gasteiger partial charge < -0.3 is 10.1 Å². The van der Waals surface area contributed by atoms with Gasteiger partial charge in [0.05, 0.1) is 0 Å². The molecule has 5 atom stereocenters. The zero-order chi connectivity index (χ0) is 25.4. The number of fused-ring (bicyclic) bond motifs is 5. The quantitative estimate of drug-likeness (QED) is 0.323. The summed E-state index contributed by atoms with van der Waals surface area (Å²) in [5.41, 5.74) is 8.07. The molecule has 2 heterocycles. The largest absolute Gasteiger partial charge is 0.623 e. The summed E-state index contributed by atoms with van der Waals surface area (Å²) in [6, 6.07) is 9.52. The predicted octanol–water partition coefficient (Wildman–Crippen LogP) is 7.08. The van der Waals surface area contributed by atoms with E-state index in [0.717, 1.165) is 50.7 Å². The lowest BCUT2D eigenvalue weighted by molar-refractivity contribution is -0.563. The SMILES string of the molecule is CC1=[N+]([O-])C2(CC1)CCC1C3CCC4=CC(=O)CCC4=C3[C@@H](c3ccc(N4CCCCC4)cc3)C[C@@]12C. The van der Waals surface area contributed by atoms with E-state index in [1.165, 1.54) is 65.9 Å². The summed E-state index contributed by atoms with van der Waals surface area (Å²) in [4.78, 5) is 14.9. The first-order valence-electron chi connectivity index (χ1n) is 15.0. The number of nitrogens with zero attached hydrogens (tertiary/aromatic N) is 2. The van der Waals surface area contributed by atoms with Crippen LogP contribution >= 0.6 is 0 Å². The highest BCUT2D eigenvalue weighted by Gasteiger charge is 2.69. The number of benzene rings is 1. The van der Waals surface area contributed by atoms with Crippen molar-refractivity contribution in [3.8, 4) is 0 Å². The summed E-state index contributed by atoms with van der Waals surface area (Å²) in [6.45, 7) is 6.88. The van der Waals surface area contributed by atoms with Crippen LogP contribution < -0.4 is 4.90 Å². The molecule has 1 saturated heterocycles. The number of carbonyl (C=O) groups is 1. The molecule has 4 aliphatic carbocycles. The van der Waals surface area contributed by atoms with Crippen LogP contribution in [-0.2, 0) is 4.79 Å². The minimum Gasteiger partial charge on any atom is -0.623 e. The van der Waals surface area contributed by atoms with E-state index >= 15 is 0 Å². The number of piperidine rings is 1. The van der Waals surface area contributed by atoms with Gasteiger partial charge in [-0.1, -0.05) is 24.6 Å². The zero-order valence-electron chi connectivity index (χ0n) is 22.7. The maximum atomic E-state index is 13.7. The molecule has 0 radical (unpaired) electrons. The molecule has 1 spiro atoms. The third-order valence-electron chi connectivity index (χ3n) is 11.7. The highest BCUT2D eigenvalue weighted by molar-refractivity contribution is 5.93. The van der Waals surface area contributed by atoms with Crippen molar-refractivity contribution in [2.45, 2.75) is 102 Å². The van der Waals surface area contributed by atoms with E-state index in [0.29, 0.717) is 30.0 Å². The van der Waals surface area contributed by atoms with Gasteiger partial charge in [0.1, 0.15) is 0 Å². The Morgan fingerprint density at radius 3 is 2.49 bits per heavy atom. The van der Waals surface area contributed by atoms with E-state index in [-0.39, 0.29) is 11.0 Å². The Balaban J connectivity index is 1.34. The number of rotatable bonds is 2. The molecule has 0 amide bonds. The Bertz CT molecular complexity index is 1220. The first kappa shape index (κ1) is 23.7. The Morgan fingerprint density at radius 2 is 1.76 bits per heavy atom. The Hall–Kier alpha value is -2.36. The second-order valence-electron chi connectivity index (χ2n) is 13.2. The molecule has 0 aromatic heterocycles. The van der Waals surface area contributed by atoms with Gasteiger partial charge >= 0.3 is 0 Å². The second kappa shape index (κ2) is 8.58. The molecule has 7 rings (SSSR count). The summed E-state index contributed by atoms with van der Waals surface area (Å²) in [5.74, 6) is 1.76.